The maximum Gasteiger partial charge on any atom is 0.211 e. The number of nitrogens with one attached hydrogen (secondary N) is 1. The zero-order valence-electron chi connectivity index (χ0n) is 12.2. The van der Waals surface area contributed by atoms with Gasteiger partial charge in [-0.2, -0.15) is 5.10 Å². The van der Waals surface area contributed by atoms with Gasteiger partial charge in [0.25, 0.3) is 0 Å². The number of aryl methyl sites for hydroxylation is 1. The zero-order chi connectivity index (χ0) is 13.4. The molecule has 0 amide bonds. The number of hydrogen-bond acceptors (Lipinski definition) is 3. The van der Waals surface area contributed by atoms with Gasteiger partial charge in [-0.15, -0.1) is 0 Å². The molecule has 0 aliphatic rings. The Hall–Kier alpha value is -1.03. The topological polar surface area (TPSA) is 39.1 Å². The van der Waals surface area contributed by atoms with Gasteiger partial charge in [-0.25, -0.2) is 4.68 Å². The van der Waals surface area contributed by atoms with Crippen LogP contribution in [0, 0.1) is 5.92 Å². The molecule has 4 heteroatoms. The minimum Gasteiger partial charge on any atom is -0.481 e. The Morgan fingerprint density at radius 2 is 2.22 bits per heavy atom. The molecule has 1 atom stereocenters. The molecule has 1 rings (SSSR count). The first-order valence-corrected chi connectivity index (χ1v) is 6.98. The molecule has 4 nitrogen and oxygen atoms in total. The lowest BCUT2D eigenvalue weighted by molar-refractivity contribution is 0.373. The van der Waals surface area contributed by atoms with Crippen LogP contribution in [0.1, 0.15) is 45.2 Å². The Morgan fingerprint density at radius 1 is 1.44 bits per heavy atom. The van der Waals surface area contributed by atoms with Gasteiger partial charge in [0.15, 0.2) is 0 Å². The highest BCUT2D eigenvalue weighted by atomic mass is 16.5. The summed E-state index contributed by atoms with van der Waals surface area (Å²) in [6.07, 6.45) is 5.19. The highest BCUT2D eigenvalue weighted by Crippen LogP contribution is 2.13. The summed E-state index contributed by atoms with van der Waals surface area (Å²) in [5.74, 6) is 1.60. The second-order valence-corrected chi connectivity index (χ2v) is 4.85. The molecule has 0 aliphatic heterocycles. The molecule has 1 aromatic rings. The standard InChI is InChI=1S/C14H27N3O/c1-5-7-8-12(6-2)10-15-11-13-9-14(18-4)17(3)16-13/h9,12,15H,5-8,10-11H2,1-4H3. The van der Waals surface area contributed by atoms with E-state index >= 15 is 0 Å². The van der Waals surface area contributed by atoms with E-state index < -0.39 is 0 Å². The fourth-order valence-electron chi connectivity index (χ4n) is 2.13. The molecule has 0 spiro atoms. The number of rotatable bonds is 9. The Morgan fingerprint density at radius 3 is 2.78 bits per heavy atom. The molecule has 0 bridgehead atoms. The van der Waals surface area contributed by atoms with Crippen LogP contribution in [-0.4, -0.2) is 23.4 Å². The summed E-state index contributed by atoms with van der Waals surface area (Å²) in [5.41, 5.74) is 1.04. The van der Waals surface area contributed by atoms with E-state index in [1.165, 1.54) is 25.7 Å². The SMILES string of the molecule is CCCCC(CC)CNCc1cc(OC)n(C)n1. The minimum atomic E-state index is 0.788. The third-order valence-electron chi connectivity index (χ3n) is 3.38. The second kappa shape index (κ2) is 8.14. The van der Waals surface area contributed by atoms with Crippen molar-refractivity contribution in [3.8, 4) is 5.88 Å². The van der Waals surface area contributed by atoms with Crippen molar-refractivity contribution in [3.63, 3.8) is 0 Å². The van der Waals surface area contributed by atoms with Crippen molar-refractivity contribution in [3.05, 3.63) is 11.8 Å². The molecule has 1 aromatic heterocycles. The van der Waals surface area contributed by atoms with Crippen LogP contribution in [-0.2, 0) is 13.6 Å². The van der Waals surface area contributed by atoms with Crippen LogP contribution < -0.4 is 10.1 Å². The fraction of sp³-hybridized carbons (Fsp3) is 0.786. The van der Waals surface area contributed by atoms with Gasteiger partial charge < -0.3 is 10.1 Å². The number of aromatic nitrogens is 2. The third-order valence-corrected chi connectivity index (χ3v) is 3.38. The van der Waals surface area contributed by atoms with Gasteiger partial charge in [0.1, 0.15) is 0 Å². The molecule has 0 radical (unpaired) electrons. The lowest BCUT2D eigenvalue weighted by Gasteiger charge is -2.14. The van der Waals surface area contributed by atoms with E-state index in [0.29, 0.717) is 0 Å². The molecular weight excluding hydrogens is 226 g/mol. The Bertz CT molecular complexity index is 336. The van der Waals surface area contributed by atoms with E-state index in [1.54, 1.807) is 11.8 Å². The Labute approximate surface area is 111 Å². The molecule has 0 saturated heterocycles. The first-order chi connectivity index (χ1) is 8.71. The quantitative estimate of drug-likeness (QED) is 0.735. The van der Waals surface area contributed by atoms with Crippen LogP contribution in [0.5, 0.6) is 5.88 Å². The molecule has 18 heavy (non-hydrogen) atoms. The second-order valence-electron chi connectivity index (χ2n) is 4.85. The maximum absolute atomic E-state index is 5.20. The number of unbranched alkanes of at least 4 members (excludes halogenated alkanes) is 1. The lowest BCUT2D eigenvalue weighted by atomic mass is 9.99. The van der Waals surface area contributed by atoms with Crippen molar-refractivity contribution < 1.29 is 4.74 Å². The van der Waals surface area contributed by atoms with Gasteiger partial charge in [0.2, 0.25) is 5.88 Å². The smallest absolute Gasteiger partial charge is 0.211 e. The van der Waals surface area contributed by atoms with E-state index in [4.69, 9.17) is 4.74 Å². The van der Waals surface area contributed by atoms with E-state index in [1.807, 2.05) is 13.1 Å². The average molecular weight is 253 g/mol. The van der Waals surface area contributed by atoms with Crippen LogP contribution in [0.25, 0.3) is 0 Å². The van der Waals surface area contributed by atoms with Gasteiger partial charge in [-0.05, 0) is 18.9 Å². The fourth-order valence-corrected chi connectivity index (χ4v) is 2.13. The summed E-state index contributed by atoms with van der Waals surface area (Å²) in [4.78, 5) is 0. The molecule has 1 N–H and O–H groups in total. The number of methoxy groups -OCH3 is 1. The predicted octanol–water partition coefficient (Wildman–Crippen LogP) is 2.73. The molecule has 104 valence electrons. The molecule has 1 heterocycles. The predicted molar refractivity (Wildman–Crippen MR) is 74.8 cm³/mol. The molecule has 1 unspecified atom stereocenters. The molecule has 0 aliphatic carbocycles. The highest BCUT2D eigenvalue weighted by molar-refractivity contribution is 5.15. The summed E-state index contributed by atoms with van der Waals surface area (Å²) in [6.45, 7) is 6.42. The summed E-state index contributed by atoms with van der Waals surface area (Å²) in [6, 6.07) is 1.99. The van der Waals surface area contributed by atoms with Gasteiger partial charge >= 0.3 is 0 Å². The van der Waals surface area contributed by atoms with Crippen molar-refractivity contribution in [1.82, 2.24) is 15.1 Å². The summed E-state index contributed by atoms with van der Waals surface area (Å²) < 4.78 is 6.97. The monoisotopic (exact) mass is 253 g/mol. The van der Waals surface area contributed by atoms with E-state index in [0.717, 1.165) is 30.6 Å². The highest BCUT2D eigenvalue weighted by Gasteiger charge is 2.07. The van der Waals surface area contributed by atoms with Crippen LogP contribution >= 0.6 is 0 Å². The number of nitrogens with zero attached hydrogens (tertiary/aromatic N) is 2. The summed E-state index contributed by atoms with van der Waals surface area (Å²) in [5, 5.41) is 7.89. The minimum absolute atomic E-state index is 0.788. The van der Waals surface area contributed by atoms with E-state index in [-0.39, 0.29) is 0 Å². The van der Waals surface area contributed by atoms with Crippen molar-refractivity contribution in [2.24, 2.45) is 13.0 Å². The van der Waals surface area contributed by atoms with E-state index in [9.17, 15) is 0 Å². The Kier molecular flexibility index (Phi) is 6.80. The normalized spacial score (nSPS) is 12.7. The first-order valence-electron chi connectivity index (χ1n) is 6.98. The number of hydrogen-bond donors (Lipinski definition) is 1. The van der Waals surface area contributed by atoms with Crippen molar-refractivity contribution in [1.29, 1.82) is 0 Å². The van der Waals surface area contributed by atoms with Crippen LogP contribution in [0.15, 0.2) is 6.07 Å². The van der Waals surface area contributed by atoms with Crippen LogP contribution in [0.4, 0.5) is 0 Å². The van der Waals surface area contributed by atoms with Gasteiger partial charge in [0.05, 0.1) is 12.8 Å². The van der Waals surface area contributed by atoms with Crippen molar-refractivity contribution in [2.45, 2.75) is 46.1 Å². The van der Waals surface area contributed by atoms with Gasteiger partial charge in [0, 0.05) is 19.7 Å². The summed E-state index contributed by atoms with van der Waals surface area (Å²) >= 11 is 0. The molecular formula is C14H27N3O. The Balaban J connectivity index is 2.31. The van der Waals surface area contributed by atoms with Crippen molar-refractivity contribution >= 4 is 0 Å². The molecule has 0 aromatic carbocycles. The largest absolute Gasteiger partial charge is 0.481 e. The first kappa shape index (κ1) is 15.0. The number of ether oxygens (including phenoxy) is 1. The van der Waals surface area contributed by atoms with Crippen LogP contribution in [0.3, 0.4) is 0 Å². The summed E-state index contributed by atoms with van der Waals surface area (Å²) in [7, 11) is 3.57. The maximum atomic E-state index is 5.20. The van der Waals surface area contributed by atoms with Crippen LogP contribution in [0.2, 0.25) is 0 Å². The zero-order valence-corrected chi connectivity index (χ0v) is 12.2. The molecule has 0 fully saturated rings. The van der Waals surface area contributed by atoms with Gasteiger partial charge in [-0.1, -0.05) is 33.1 Å². The van der Waals surface area contributed by atoms with Gasteiger partial charge in [-0.3, -0.25) is 0 Å². The third kappa shape index (κ3) is 4.69. The average Bonchev–Trinajstić information content (AvgIpc) is 2.74. The van der Waals surface area contributed by atoms with Crippen molar-refractivity contribution in [2.75, 3.05) is 13.7 Å². The van der Waals surface area contributed by atoms with E-state index in [2.05, 4.69) is 24.3 Å². The molecule has 0 saturated carbocycles. The lowest BCUT2D eigenvalue weighted by Crippen LogP contribution is -2.22.